The van der Waals surface area contributed by atoms with Gasteiger partial charge in [0.25, 0.3) is 0 Å². The van der Waals surface area contributed by atoms with E-state index in [4.69, 9.17) is 0 Å². The summed E-state index contributed by atoms with van der Waals surface area (Å²) < 4.78 is 13.2. The van der Waals surface area contributed by atoms with E-state index in [-0.39, 0.29) is 18.0 Å². The monoisotopic (exact) mass is 209 g/mol. The first kappa shape index (κ1) is 10.4. The molecule has 2 nitrogen and oxygen atoms in total. The second-order valence-corrected chi connectivity index (χ2v) is 4.21. The Morgan fingerprint density at radius 3 is 2.80 bits per heavy atom. The van der Waals surface area contributed by atoms with Crippen molar-refractivity contribution in [3.05, 3.63) is 29.6 Å². The Morgan fingerprint density at radius 1 is 1.40 bits per heavy atom. The summed E-state index contributed by atoms with van der Waals surface area (Å²) in [5.41, 5.74) is 1.40. The van der Waals surface area contributed by atoms with Crippen LogP contribution in [0.2, 0.25) is 0 Å². The van der Waals surface area contributed by atoms with Gasteiger partial charge in [0.05, 0.1) is 12.1 Å². The molecule has 0 amide bonds. The van der Waals surface area contributed by atoms with Gasteiger partial charge in [-0.15, -0.1) is 0 Å². The molecule has 2 N–H and O–H groups in total. The molecular weight excluding hydrogens is 193 g/mol. The van der Waals surface area contributed by atoms with Gasteiger partial charge in [0.1, 0.15) is 5.82 Å². The quantitative estimate of drug-likeness (QED) is 0.784. The molecule has 1 aliphatic carbocycles. The van der Waals surface area contributed by atoms with E-state index in [1.165, 1.54) is 6.07 Å². The van der Waals surface area contributed by atoms with Crippen LogP contribution in [-0.2, 0) is 0 Å². The van der Waals surface area contributed by atoms with Crippen LogP contribution in [0.4, 0.5) is 10.1 Å². The highest BCUT2D eigenvalue weighted by Gasteiger charge is 2.24. The van der Waals surface area contributed by atoms with Gasteiger partial charge in [0.15, 0.2) is 0 Å². The molecule has 82 valence electrons. The number of aryl methyl sites for hydroxylation is 1. The Balaban J connectivity index is 2.07. The molecule has 0 aromatic heterocycles. The SMILES string of the molecule is Cc1ccc(N[C@@H]2CCC[C@H]2O)cc1F. The van der Waals surface area contributed by atoms with Crippen molar-refractivity contribution in [2.75, 3.05) is 5.32 Å². The first-order valence-corrected chi connectivity index (χ1v) is 5.37. The number of aliphatic hydroxyl groups excluding tert-OH is 1. The fourth-order valence-electron chi connectivity index (χ4n) is 2.01. The van der Waals surface area contributed by atoms with Crippen molar-refractivity contribution in [3.63, 3.8) is 0 Å². The molecule has 15 heavy (non-hydrogen) atoms. The molecule has 0 bridgehead atoms. The third-order valence-electron chi connectivity index (χ3n) is 3.00. The Morgan fingerprint density at radius 2 is 2.20 bits per heavy atom. The molecule has 1 aromatic rings. The minimum Gasteiger partial charge on any atom is -0.391 e. The molecule has 0 spiro atoms. The van der Waals surface area contributed by atoms with Crippen LogP contribution in [0.1, 0.15) is 24.8 Å². The fraction of sp³-hybridized carbons (Fsp3) is 0.500. The lowest BCUT2D eigenvalue weighted by molar-refractivity contribution is 0.172. The van der Waals surface area contributed by atoms with Crippen molar-refractivity contribution in [1.29, 1.82) is 0 Å². The van der Waals surface area contributed by atoms with Crippen molar-refractivity contribution >= 4 is 5.69 Å². The van der Waals surface area contributed by atoms with E-state index < -0.39 is 0 Å². The van der Waals surface area contributed by atoms with E-state index in [0.717, 1.165) is 24.9 Å². The number of anilines is 1. The third-order valence-corrected chi connectivity index (χ3v) is 3.00. The predicted octanol–water partition coefficient (Wildman–Crippen LogP) is 2.46. The zero-order chi connectivity index (χ0) is 10.8. The van der Waals surface area contributed by atoms with Crippen LogP contribution >= 0.6 is 0 Å². The zero-order valence-electron chi connectivity index (χ0n) is 8.83. The summed E-state index contributed by atoms with van der Waals surface area (Å²) >= 11 is 0. The number of nitrogens with one attached hydrogen (secondary N) is 1. The van der Waals surface area contributed by atoms with E-state index in [1.54, 1.807) is 13.0 Å². The largest absolute Gasteiger partial charge is 0.391 e. The van der Waals surface area contributed by atoms with Gasteiger partial charge in [-0.05, 0) is 43.9 Å². The van der Waals surface area contributed by atoms with E-state index in [0.29, 0.717) is 5.56 Å². The molecular formula is C12H16FNO. The van der Waals surface area contributed by atoms with Crippen LogP contribution in [0.5, 0.6) is 0 Å². The Kier molecular flexibility index (Phi) is 2.91. The molecule has 2 rings (SSSR count). The number of benzene rings is 1. The first-order chi connectivity index (χ1) is 7.16. The van der Waals surface area contributed by atoms with Gasteiger partial charge < -0.3 is 10.4 Å². The number of aliphatic hydroxyl groups is 1. The van der Waals surface area contributed by atoms with Crippen LogP contribution < -0.4 is 5.32 Å². The molecule has 1 fully saturated rings. The van der Waals surface area contributed by atoms with Crippen molar-refractivity contribution in [3.8, 4) is 0 Å². The average molecular weight is 209 g/mol. The highest BCUT2D eigenvalue weighted by molar-refractivity contribution is 5.46. The molecule has 1 aromatic carbocycles. The summed E-state index contributed by atoms with van der Waals surface area (Å²) in [7, 11) is 0. The Bertz CT molecular complexity index is 353. The lowest BCUT2D eigenvalue weighted by Crippen LogP contribution is -2.27. The van der Waals surface area contributed by atoms with Gasteiger partial charge in [0, 0.05) is 5.69 Å². The Hall–Kier alpha value is -1.09. The van der Waals surface area contributed by atoms with Crippen LogP contribution in [0.3, 0.4) is 0 Å². The molecule has 1 saturated carbocycles. The summed E-state index contributed by atoms with van der Waals surface area (Å²) in [6, 6.07) is 5.16. The van der Waals surface area contributed by atoms with E-state index in [9.17, 15) is 9.50 Å². The van der Waals surface area contributed by atoms with Gasteiger partial charge in [-0.2, -0.15) is 0 Å². The van der Waals surface area contributed by atoms with Crippen molar-refractivity contribution in [2.24, 2.45) is 0 Å². The van der Waals surface area contributed by atoms with Crippen LogP contribution in [0, 0.1) is 12.7 Å². The summed E-state index contributed by atoms with van der Waals surface area (Å²) in [5.74, 6) is -0.201. The van der Waals surface area contributed by atoms with Crippen LogP contribution in [-0.4, -0.2) is 17.3 Å². The predicted molar refractivity (Wildman–Crippen MR) is 58.4 cm³/mol. The lowest BCUT2D eigenvalue weighted by atomic mass is 10.1. The van der Waals surface area contributed by atoms with Crippen molar-refractivity contribution < 1.29 is 9.50 Å². The molecule has 0 saturated heterocycles. The number of hydrogen-bond donors (Lipinski definition) is 2. The van der Waals surface area contributed by atoms with Crippen LogP contribution in [0.25, 0.3) is 0 Å². The summed E-state index contributed by atoms with van der Waals surface area (Å²) in [5, 5.41) is 12.8. The number of rotatable bonds is 2. The second kappa shape index (κ2) is 4.19. The number of halogens is 1. The third kappa shape index (κ3) is 2.29. The molecule has 0 heterocycles. The maximum atomic E-state index is 13.2. The summed E-state index contributed by atoms with van der Waals surface area (Å²) in [6.07, 6.45) is 2.53. The molecule has 0 aliphatic heterocycles. The zero-order valence-corrected chi connectivity index (χ0v) is 8.83. The molecule has 0 radical (unpaired) electrons. The summed E-state index contributed by atoms with van der Waals surface area (Å²) in [4.78, 5) is 0. The number of hydrogen-bond acceptors (Lipinski definition) is 2. The van der Waals surface area contributed by atoms with Crippen LogP contribution in [0.15, 0.2) is 18.2 Å². The van der Waals surface area contributed by atoms with Gasteiger partial charge >= 0.3 is 0 Å². The maximum Gasteiger partial charge on any atom is 0.128 e. The normalized spacial score (nSPS) is 25.5. The molecule has 1 aliphatic rings. The second-order valence-electron chi connectivity index (χ2n) is 4.21. The minimum atomic E-state index is -0.297. The minimum absolute atomic E-state index is 0.0760. The van der Waals surface area contributed by atoms with E-state index in [2.05, 4.69) is 5.32 Å². The highest BCUT2D eigenvalue weighted by atomic mass is 19.1. The smallest absolute Gasteiger partial charge is 0.128 e. The summed E-state index contributed by atoms with van der Waals surface area (Å²) in [6.45, 7) is 1.74. The van der Waals surface area contributed by atoms with Gasteiger partial charge in [-0.3, -0.25) is 0 Å². The topological polar surface area (TPSA) is 32.3 Å². The molecule has 0 unspecified atom stereocenters. The molecule has 3 heteroatoms. The maximum absolute atomic E-state index is 13.2. The van der Waals surface area contributed by atoms with E-state index >= 15 is 0 Å². The van der Waals surface area contributed by atoms with Gasteiger partial charge in [-0.25, -0.2) is 4.39 Å². The molecule has 2 atom stereocenters. The van der Waals surface area contributed by atoms with E-state index in [1.807, 2.05) is 6.07 Å². The Labute approximate surface area is 89.1 Å². The van der Waals surface area contributed by atoms with Gasteiger partial charge in [0.2, 0.25) is 0 Å². The van der Waals surface area contributed by atoms with Gasteiger partial charge in [-0.1, -0.05) is 6.07 Å². The lowest BCUT2D eigenvalue weighted by Gasteiger charge is -2.17. The first-order valence-electron chi connectivity index (χ1n) is 5.37. The fourth-order valence-corrected chi connectivity index (χ4v) is 2.01. The van der Waals surface area contributed by atoms with Crippen molar-refractivity contribution in [2.45, 2.75) is 38.3 Å². The van der Waals surface area contributed by atoms with Crippen molar-refractivity contribution in [1.82, 2.24) is 0 Å². The highest BCUT2D eigenvalue weighted by Crippen LogP contribution is 2.23. The average Bonchev–Trinajstić information content (AvgIpc) is 2.59. The standard InChI is InChI=1S/C12H16FNO/c1-8-5-6-9(7-10(8)13)14-11-3-2-4-12(11)15/h5-7,11-12,14-15H,2-4H2,1H3/t11-,12-/m1/s1.